The third-order valence-electron chi connectivity index (χ3n) is 1.64. The lowest BCUT2D eigenvalue weighted by Gasteiger charge is -2.22. The summed E-state index contributed by atoms with van der Waals surface area (Å²) in [6, 6.07) is -0.181. The van der Waals surface area contributed by atoms with Crippen molar-refractivity contribution >= 4 is 6.03 Å². The Hall–Kier alpha value is -0.770. The molecule has 1 heterocycles. The van der Waals surface area contributed by atoms with Crippen molar-refractivity contribution in [3.63, 3.8) is 0 Å². The number of amides is 2. The van der Waals surface area contributed by atoms with Gasteiger partial charge in [-0.15, -0.1) is 0 Å². The number of carbonyl (C=O) groups is 1. The Morgan fingerprint density at radius 2 is 2.50 bits per heavy atom. The number of nitrogens with two attached hydrogens (primary N) is 1. The second kappa shape index (κ2) is 3.41. The third-order valence-corrected chi connectivity index (χ3v) is 1.64. The molecule has 1 fully saturated rings. The SMILES string of the molecule is NC(=O)N[C@@H]1CCCNC1. The van der Waals surface area contributed by atoms with E-state index in [1.165, 1.54) is 0 Å². The maximum Gasteiger partial charge on any atom is 0.312 e. The van der Waals surface area contributed by atoms with E-state index >= 15 is 0 Å². The summed E-state index contributed by atoms with van der Waals surface area (Å²) in [4.78, 5) is 10.4. The molecule has 1 rings (SSSR count). The quantitative estimate of drug-likeness (QED) is 0.459. The number of hydrogen-bond acceptors (Lipinski definition) is 2. The molecule has 0 spiro atoms. The number of nitrogens with one attached hydrogen (secondary N) is 2. The van der Waals surface area contributed by atoms with E-state index < -0.39 is 6.03 Å². The van der Waals surface area contributed by atoms with E-state index in [0.29, 0.717) is 0 Å². The van der Waals surface area contributed by atoms with Gasteiger partial charge < -0.3 is 16.4 Å². The van der Waals surface area contributed by atoms with Crippen molar-refractivity contribution < 1.29 is 4.79 Å². The molecule has 4 N–H and O–H groups in total. The lowest BCUT2D eigenvalue weighted by atomic mass is 10.1. The van der Waals surface area contributed by atoms with Gasteiger partial charge in [-0.05, 0) is 19.4 Å². The zero-order valence-electron chi connectivity index (χ0n) is 5.89. The van der Waals surface area contributed by atoms with Gasteiger partial charge in [0.05, 0.1) is 0 Å². The highest BCUT2D eigenvalue weighted by Gasteiger charge is 2.12. The average Bonchev–Trinajstić information content (AvgIpc) is 1.88. The van der Waals surface area contributed by atoms with Gasteiger partial charge in [0.1, 0.15) is 0 Å². The molecular formula is C6H13N3O. The summed E-state index contributed by atoms with van der Waals surface area (Å²) in [6.07, 6.45) is 2.15. The Morgan fingerprint density at radius 3 is 3.00 bits per heavy atom. The van der Waals surface area contributed by atoms with Crippen LogP contribution in [-0.4, -0.2) is 25.2 Å². The van der Waals surface area contributed by atoms with Gasteiger partial charge in [-0.1, -0.05) is 0 Å². The molecule has 0 aromatic rings. The highest BCUT2D eigenvalue weighted by molar-refractivity contribution is 5.71. The summed E-state index contributed by atoms with van der Waals surface area (Å²) in [5.74, 6) is 0. The van der Waals surface area contributed by atoms with Gasteiger partial charge in [0.2, 0.25) is 0 Å². The van der Waals surface area contributed by atoms with Crippen molar-refractivity contribution in [3.05, 3.63) is 0 Å². The second-order valence-electron chi connectivity index (χ2n) is 2.55. The van der Waals surface area contributed by atoms with Crippen LogP contribution < -0.4 is 16.4 Å². The Morgan fingerprint density at radius 1 is 1.70 bits per heavy atom. The van der Waals surface area contributed by atoms with Crippen LogP contribution in [0.15, 0.2) is 0 Å². The zero-order chi connectivity index (χ0) is 7.40. The van der Waals surface area contributed by atoms with Crippen molar-refractivity contribution in [1.82, 2.24) is 10.6 Å². The minimum absolute atomic E-state index is 0.242. The molecule has 0 radical (unpaired) electrons. The molecule has 0 unspecified atom stereocenters. The van der Waals surface area contributed by atoms with Crippen molar-refractivity contribution in [1.29, 1.82) is 0 Å². The summed E-state index contributed by atoms with van der Waals surface area (Å²) in [6.45, 7) is 1.90. The minimum atomic E-state index is -0.422. The highest BCUT2D eigenvalue weighted by atomic mass is 16.2. The second-order valence-corrected chi connectivity index (χ2v) is 2.55. The monoisotopic (exact) mass is 143 g/mol. The topological polar surface area (TPSA) is 67.2 Å². The smallest absolute Gasteiger partial charge is 0.312 e. The van der Waals surface area contributed by atoms with Gasteiger partial charge in [0.25, 0.3) is 0 Å². The van der Waals surface area contributed by atoms with Gasteiger partial charge in [-0.2, -0.15) is 0 Å². The predicted molar refractivity (Wildman–Crippen MR) is 38.6 cm³/mol. The third kappa shape index (κ3) is 2.23. The first-order valence-corrected chi connectivity index (χ1v) is 3.56. The average molecular weight is 143 g/mol. The summed E-state index contributed by atoms with van der Waals surface area (Å²) >= 11 is 0. The van der Waals surface area contributed by atoms with E-state index in [1.54, 1.807) is 0 Å². The summed E-state index contributed by atoms with van der Waals surface area (Å²) in [7, 11) is 0. The van der Waals surface area contributed by atoms with E-state index in [1.807, 2.05) is 0 Å². The zero-order valence-corrected chi connectivity index (χ0v) is 5.89. The van der Waals surface area contributed by atoms with Gasteiger partial charge in [0, 0.05) is 12.6 Å². The number of urea groups is 1. The van der Waals surface area contributed by atoms with Crippen LogP contribution in [0, 0.1) is 0 Å². The number of hydrogen-bond donors (Lipinski definition) is 3. The molecule has 1 aliphatic heterocycles. The molecule has 1 atom stereocenters. The maximum absolute atomic E-state index is 10.4. The first kappa shape index (κ1) is 7.34. The molecule has 4 nitrogen and oxygen atoms in total. The van der Waals surface area contributed by atoms with Crippen molar-refractivity contribution in [2.75, 3.05) is 13.1 Å². The number of rotatable bonds is 1. The first-order valence-electron chi connectivity index (χ1n) is 3.56. The highest BCUT2D eigenvalue weighted by Crippen LogP contribution is 1.99. The molecule has 0 aromatic heterocycles. The summed E-state index contributed by atoms with van der Waals surface area (Å²) in [5, 5.41) is 5.83. The van der Waals surface area contributed by atoms with E-state index in [9.17, 15) is 4.79 Å². The molecular weight excluding hydrogens is 130 g/mol. The van der Waals surface area contributed by atoms with E-state index in [2.05, 4.69) is 10.6 Å². The van der Waals surface area contributed by atoms with Gasteiger partial charge in [-0.25, -0.2) is 4.79 Å². The standard InChI is InChI=1S/C6H13N3O/c7-6(10)9-5-2-1-3-8-4-5/h5,8H,1-4H2,(H3,7,9,10)/t5-/m1/s1. The van der Waals surface area contributed by atoms with Gasteiger partial charge in [-0.3, -0.25) is 0 Å². The molecule has 2 amide bonds. The largest absolute Gasteiger partial charge is 0.352 e. The van der Waals surface area contributed by atoms with Gasteiger partial charge >= 0.3 is 6.03 Å². The first-order chi connectivity index (χ1) is 4.79. The fourth-order valence-corrected chi connectivity index (χ4v) is 1.18. The summed E-state index contributed by atoms with van der Waals surface area (Å²) < 4.78 is 0. The van der Waals surface area contributed by atoms with Crippen LogP contribution in [0.25, 0.3) is 0 Å². The molecule has 0 aromatic carbocycles. The lowest BCUT2D eigenvalue weighted by molar-refractivity contribution is 0.242. The van der Waals surface area contributed by atoms with E-state index in [4.69, 9.17) is 5.73 Å². The van der Waals surface area contributed by atoms with Crippen LogP contribution >= 0.6 is 0 Å². The molecule has 4 heteroatoms. The number of carbonyl (C=O) groups excluding carboxylic acids is 1. The molecule has 0 saturated carbocycles. The fourth-order valence-electron chi connectivity index (χ4n) is 1.18. The maximum atomic E-state index is 10.4. The van der Waals surface area contributed by atoms with Crippen LogP contribution in [0.1, 0.15) is 12.8 Å². The molecule has 58 valence electrons. The van der Waals surface area contributed by atoms with Crippen molar-refractivity contribution in [3.8, 4) is 0 Å². The van der Waals surface area contributed by atoms with E-state index in [-0.39, 0.29) is 6.04 Å². The van der Waals surface area contributed by atoms with Crippen molar-refractivity contribution in [2.24, 2.45) is 5.73 Å². The van der Waals surface area contributed by atoms with Gasteiger partial charge in [0.15, 0.2) is 0 Å². The Bertz CT molecular complexity index is 120. The molecule has 0 bridgehead atoms. The molecule has 1 saturated heterocycles. The molecule has 1 aliphatic rings. The molecule has 10 heavy (non-hydrogen) atoms. The van der Waals surface area contributed by atoms with E-state index in [0.717, 1.165) is 25.9 Å². The fraction of sp³-hybridized carbons (Fsp3) is 0.833. The Kier molecular flexibility index (Phi) is 2.50. The Labute approximate surface area is 60.2 Å². The normalized spacial score (nSPS) is 25.8. The lowest BCUT2D eigenvalue weighted by Crippen LogP contribution is -2.47. The van der Waals surface area contributed by atoms with Crippen LogP contribution in [-0.2, 0) is 0 Å². The van der Waals surface area contributed by atoms with Crippen LogP contribution in [0.4, 0.5) is 4.79 Å². The van der Waals surface area contributed by atoms with Crippen LogP contribution in [0.5, 0.6) is 0 Å². The van der Waals surface area contributed by atoms with Crippen LogP contribution in [0.2, 0.25) is 0 Å². The number of piperidine rings is 1. The minimum Gasteiger partial charge on any atom is -0.352 e. The molecule has 0 aliphatic carbocycles. The summed E-state index contributed by atoms with van der Waals surface area (Å²) in [5.41, 5.74) is 4.95. The predicted octanol–water partition coefficient (Wildman–Crippen LogP) is -0.593. The Balaban J connectivity index is 2.19. The van der Waals surface area contributed by atoms with Crippen LogP contribution in [0.3, 0.4) is 0 Å². The van der Waals surface area contributed by atoms with Crippen molar-refractivity contribution in [2.45, 2.75) is 18.9 Å². The number of primary amides is 1.